The van der Waals surface area contributed by atoms with Crippen molar-refractivity contribution in [3.05, 3.63) is 11.9 Å². The number of nitrogens with one attached hydrogen (secondary N) is 1. The van der Waals surface area contributed by atoms with Crippen molar-refractivity contribution in [2.45, 2.75) is 44.3 Å². The average Bonchev–Trinajstić information content (AvgIpc) is 2.96. The monoisotopic (exact) mass is 429 g/mol. The van der Waals surface area contributed by atoms with E-state index in [0.717, 1.165) is 95.4 Å². The van der Waals surface area contributed by atoms with Gasteiger partial charge in [0.1, 0.15) is 18.0 Å². The Morgan fingerprint density at radius 3 is 2.52 bits per heavy atom. The number of carbonyl (C=O) groups excluding carboxylic acids is 1. The molecule has 0 aromatic carbocycles. The number of carbonyl (C=O) groups is 1. The van der Waals surface area contributed by atoms with Crippen LogP contribution in [-0.2, 0) is 16.1 Å². The minimum atomic E-state index is 0.186. The molecule has 31 heavy (non-hydrogen) atoms. The third-order valence-corrected chi connectivity index (χ3v) is 7.32. The van der Waals surface area contributed by atoms with Crippen LogP contribution in [0.1, 0.15) is 31.2 Å². The number of anilines is 2. The fraction of sp³-hybridized carbons (Fsp3) is 0.773. The van der Waals surface area contributed by atoms with E-state index in [-0.39, 0.29) is 11.9 Å². The highest BCUT2D eigenvalue weighted by atomic mass is 16.5. The van der Waals surface area contributed by atoms with Gasteiger partial charge in [-0.15, -0.1) is 0 Å². The van der Waals surface area contributed by atoms with Gasteiger partial charge in [0, 0.05) is 51.9 Å². The minimum absolute atomic E-state index is 0.186. The summed E-state index contributed by atoms with van der Waals surface area (Å²) in [6.07, 6.45) is 6.13. The lowest BCUT2D eigenvalue weighted by atomic mass is 10.0. The lowest BCUT2D eigenvalue weighted by Gasteiger charge is -2.41. The maximum Gasteiger partial charge on any atom is 0.242 e. The number of fused-ring (bicyclic) bond motifs is 1. The smallest absolute Gasteiger partial charge is 0.242 e. The molecule has 0 saturated carbocycles. The Morgan fingerprint density at radius 2 is 1.77 bits per heavy atom. The summed E-state index contributed by atoms with van der Waals surface area (Å²) in [6.45, 7) is 8.68. The van der Waals surface area contributed by atoms with Crippen LogP contribution in [-0.4, -0.2) is 104 Å². The highest BCUT2D eigenvalue weighted by Crippen LogP contribution is 2.33. The van der Waals surface area contributed by atoms with E-state index in [9.17, 15) is 4.79 Å². The maximum atomic E-state index is 13.1. The molecule has 9 heteroatoms. The Morgan fingerprint density at radius 1 is 1.00 bits per heavy atom. The van der Waals surface area contributed by atoms with Gasteiger partial charge in [0.05, 0.1) is 31.9 Å². The van der Waals surface area contributed by atoms with Crippen molar-refractivity contribution < 1.29 is 9.53 Å². The third-order valence-electron chi connectivity index (χ3n) is 7.32. The molecule has 170 valence electrons. The highest BCUT2D eigenvalue weighted by molar-refractivity contribution is 5.84. The molecule has 1 aromatic heterocycles. The molecule has 1 aromatic rings. The number of nitrogens with zero attached hydrogens (tertiary/aromatic N) is 6. The van der Waals surface area contributed by atoms with Gasteiger partial charge in [-0.05, 0) is 32.2 Å². The number of piperidine rings is 2. The van der Waals surface area contributed by atoms with Gasteiger partial charge < -0.3 is 24.8 Å². The summed E-state index contributed by atoms with van der Waals surface area (Å²) in [5, 5.41) is 3.46. The van der Waals surface area contributed by atoms with Gasteiger partial charge in [0.25, 0.3) is 0 Å². The van der Waals surface area contributed by atoms with Gasteiger partial charge in [-0.1, -0.05) is 0 Å². The first-order valence-corrected chi connectivity index (χ1v) is 11.8. The molecule has 5 rings (SSSR count). The lowest BCUT2D eigenvalue weighted by molar-refractivity contribution is -0.132. The Bertz CT molecular complexity index is 771. The molecule has 1 N–H and O–H groups in total. The quantitative estimate of drug-likeness (QED) is 0.736. The molecule has 9 nitrogen and oxygen atoms in total. The summed E-state index contributed by atoms with van der Waals surface area (Å²) in [5.74, 6) is 2.10. The summed E-state index contributed by atoms with van der Waals surface area (Å²) < 4.78 is 5.52. The molecule has 0 spiro atoms. The number of morpholine rings is 1. The zero-order valence-electron chi connectivity index (χ0n) is 18.6. The second kappa shape index (κ2) is 9.26. The molecule has 1 unspecified atom stereocenters. The first-order valence-electron chi connectivity index (χ1n) is 11.8. The van der Waals surface area contributed by atoms with E-state index in [1.165, 1.54) is 0 Å². The molecule has 0 bridgehead atoms. The van der Waals surface area contributed by atoms with E-state index in [1.54, 1.807) is 6.33 Å². The lowest BCUT2D eigenvalue weighted by Crippen LogP contribution is -2.50. The zero-order chi connectivity index (χ0) is 21.2. The van der Waals surface area contributed by atoms with E-state index in [0.29, 0.717) is 19.1 Å². The van der Waals surface area contributed by atoms with Crippen molar-refractivity contribution in [1.29, 1.82) is 0 Å². The van der Waals surface area contributed by atoms with Crippen LogP contribution in [0, 0.1) is 0 Å². The molecule has 1 atom stereocenters. The number of hydrogen-bond acceptors (Lipinski definition) is 8. The second-order valence-electron chi connectivity index (χ2n) is 9.24. The molecule has 4 aliphatic heterocycles. The van der Waals surface area contributed by atoms with Crippen molar-refractivity contribution in [2.75, 3.05) is 75.9 Å². The van der Waals surface area contributed by atoms with Crippen LogP contribution in [0.2, 0.25) is 0 Å². The molecule has 5 heterocycles. The normalized spacial score (nSPS) is 26.7. The Balaban J connectivity index is 1.35. The largest absolute Gasteiger partial charge is 0.379 e. The zero-order valence-corrected chi connectivity index (χ0v) is 18.6. The SMILES string of the molecule is CN1CC(=O)N(C2CCCNC2)Cc2c1ncnc2N1CCC(N2CCOCC2)CC1. The minimum Gasteiger partial charge on any atom is -0.379 e. The van der Waals surface area contributed by atoms with Crippen LogP contribution < -0.4 is 15.1 Å². The van der Waals surface area contributed by atoms with Crippen LogP contribution in [0.25, 0.3) is 0 Å². The van der Waals surface area contributed by atoms with Crippen LogP contribution >= 0.6 is 0 Å². The third kappa shape index (κ3) is 4.36. The van der Waals surface area contributed by atoms with Crippen LogP contribution in [0.3, 0.4) is 0 Å². The van der Waals surface area contributed by atoms with Crippen LogP contribution in [0.4, 0.5) is 11.6 Å². The second-order valence-corrected chi connectivity index (χ2v) is 9.24. The fourth-order valence-corrected chi connectivity index (χ4v) is 5.58. The highest BCUT2D eigenvalue weighted by Gasteiger charge is 2.34. The van der Waals surface area contributed by atoms with Crippen molar-refractivity contribution in [1.82, 2.24) is 25.1 Å². The van der Waals surface area contributed by atoms with Crippen molar-refractivity contribution >= 4 is 17.5 Å². The van der Waals surface area contributed by atoms with Gasteiger partial charge >= 0.3 is 0 Å². The van der Waals surface area contributed by atoms with Crippen molar-refractivity contribution in [3.8, 4) is 0 Å². The van der Waals surface area contributed by atoms with E-state index < -0.39 is 0 Å². The van der Waals surface area contributed by atoms with Gasteiger partial charge in [0.15, 0.2) is 0 Å². The molecule has 1 amide bonds. The average molecular weight is 430 g/mol. The van der Waals surface area contributed by atoms with Gasteiger partial charge in [-0.3, -0.25) is 9.69 Å². The van der Waals surface area contributed by atoms with Crippen molar-refractivity contribution in [3.63, 3.8) is 0 Å². The summed E-state index contributed by atoms with van der Waals surface area (Å²) >= 11 is 0. The predicted octanol–water partition coefficient (Wildman–Crippen LogP) is 0.308. The Labute approximate surface area is 184 Å². The summed E-state index contributed by atoms with van der Waals surface area (Å²) in [5.41, 5.74) is 1.10. The molecular weight excluding hydrogens is 394 g/mol. The molecule has 0 aliphatic carbocycles. The number of likely N-dealkylation sites (N-methyl/N-ethyl adjacent to an activating group) is 1. The summed E-state index contributed by atoms with van der Waals surface area (Å²) in [6, 6.07) is 0.885. The number of rotatable bonds is 3. The number of amides is 1. The first-order chi connectivity index (χ1) is 15.2. The number of hydrogen-bond donors (Lipinski definition) is 1. The molecule has 3 saturated heterocycles. The summed E-state index contributed by atoms with van der Waals surface area (Å²) in [7, 11) is 1.97. The van der Waals surface area contributed by atoms with Crippen LogP contribution in [0.15, 0.2) is 6.33 Å². The maximum absolute atomic E-state index is 13.1. The van der Waals surface area contributed by atoms with Gasteiger partial charge in [0.2, 0.25) is 5.91 Å². The number of aromatic nitrogens is 2. The van der Waals surface area contributed by atoms with Gasteiger partial charge in [-0.2, -0.15) is 0 Å². The topological polar surface area (TPSA) is 77.1 Å². The molecular formula is C22H35N7O2. The fourth-order valence-electron chi connectivity index (χ4n) is 5.58. The van der Waals surface area contributed by atoms with Crippen molar-refractivity contribution in [2.24, 2.45) is 0 Å². The molecule has 0 radical (unpaired) electrons. The Kier molecular flexibility index (Phi) is 6.24. The van der Waals surface area contributed by atoms with E-state index in [2.05, 4.69) is 25.0 Å². The van der Waals surface area contributed by atoms with E-state index >= 15 is 0 Å². The first kappa shape index (κ1) is 20.9. The molecule has 3 fully saturated rings. The number of ether oxygens (including phenoxy) is 1. The summed E-state index contributed by atoms with van der Waals surface area (Å²) in [4.78, 5) is 31.5. The Hall–Kier alpha value is -1.97. The van der Waals surface area contributed by atoms with E-state index in [1.807, 2.05) is 11.9 Å². The van der Waals surface area contributed by atoms with Gasteiger partial charge in [-0.25, -0.2) is 9.97 Å². The van der Waals surface area contributed by atoms with Crippen LogP contribution in [0.5, 0.6) is 0 Å². The predicted molar refractivity (Wildman–Crippen MR) is 119 cm³/mol. The van der Waals surface area contributed by atoms with E-state index in [4.69, 9.17) is 9.72 Å². The molecule has 4 aliphatic rings. The standard InChI is InChI=1S/C22H35N7O2/c1-26-15-20(30)29(18-3-2-6-23-13-18)14-19-21(26)24-16-25-22(19)28-7-4-17(5-8-28)27-9-11-31-12-10-27/h16-18,23H,2-15H2,1H3.